The molecule has 0 saturated heterocycles. The highest BCUT2D eigenvalue weighted by Crippen LogP contribution is 2.51. The zero-order valence-corrected chi connectivity index (χ0v) is 14.3. The van der Waals surface area contributed by atoms with E-state index in [4.69, 9.17) is 0 Å². The average Bonchev–Trinajstić information content (AvgIpc) is 3.03. The highest BCUT2D eigenvalue weighted by atomic mass is 32.2. The van der Waals surface area contributed by atoms with Gasteiger partial charge in [0.25, 0.3) is 0 Å². The fourth-order valence-corrected chi connectivity index (χ4v) is 4.45. The lowest BCUT2D eigenvalue weighted by Crippen LogP contribution is -2.08. The molecule has 2 aromatic carbocycles. The summed E-state index contributed by atoms with van der Waals surface area (Å²) >= 11 is 1.67. The Morgan fingerprint density at radius 2 is 1.96 bits per heavy atom. The van der Waals surface area contributed by atoms with Crippen LogP contribution in [0.2, 0.25) is 0 Å². The SMILES string of the molecule is CCC1Sc2ccccc2-c2c1c(C(=O)O)nn2-c1ccc(F)cc1. The molecule has 1 aliphatic heterocycles. The molecule has 1 aromatic heterocycles. The maximum absolute atomic E-state index is 13.3. The van der Waals surface area contributed by atoms with Crippen molar-refractivity contribution in [1.82, 2.24) is 9.78 Å². The molecule has 1 N–H and O–H groups in total. The molecule has 4 nitrogen and oxygen atoms in total. The van der Waals surface area contributed by atoms with E-state index in [1.807, 2.05) is 31.2 Å². The third kappa shape index (κ3) is 2.53. The Morgan fingerprint density at radius 1 is 1.24 bits per heavy atom. The van der Waals surface area contributed by atoms with Crippen LogP contribution < -0.4 is 0 Å². The summed E-state index contributed by atoms with van der Waals surface area (Å²) < 4.78 is 14.9. The van der Waals surface area contributed by atoms with E-state index in [0.717, 1.165) is 28.1 Å². The topological polar surface area (TPSA) is 55.1 Å². The van der Waals surface area contributed by atoms with E-state index >= 15 is 0 Å². The summed E-state index contributed by atoms with van der Waals surface area (Å²) in [6, 6.07) is 13.8. The lowest BCUT2D eigenvalue weighted by Gasteiger charge is -2.24. The van der Waals surface area contributed by atoms with E-state index in [9.17, 15) is 14.3 Å². The van der Waals surface area contributed by atoms with Gasteiger partial charge in [0, 0.05) is 21.3 Å². The Hall–Kier alpha value is -2.60. The number of carboxylic acids is 1. The molecule has 1 atom stereocenters. The molecule has 0 aliphatic carbocycles. The molecule has 0 fully saturated rings. The van der Waals surface area contributed by atoms with Crippen LogP contribution in [0.15, 0.2) is 53.4 Å². The second kappa shape index (κ2) is 6.04. The van der Waals surface area contributed by atoms with Crippen molar-refractivity contribution in [3.63, 3.8) is 0 Å². The number of rotatable bonds is 3. The molecule has 2 heterocycles. The third-order valence-corrected chi connectivity index (χ3v) is 5.76. The molecule has 3 aromatic rings. The second-order valence-corrected chi connectivity index (χ2v) is 7.06. The van der Waals surface area contributed by atoms with Crippen LogP contribution >= 0.6 is 11.8 Å². The number of thioether (sulfide) groups is 1. The average molecular weight is 354 g/mol. The van der Waals surface area contributed by atoms with Crippen LogP contribution in [0.25, 0.3) is 16.9 Å². The van der Waals surface area contributed by atoms with Crippen LogP contribution in [0.1, 0.15) is 34.6 Å². The fourth-order valence-electron chi connectivity index (χ4n) is 3.19. The summed E-state index contributed by atoms with van der Waals surface area (Å²) in [5.41, 5.74) is 3.18. The van der Waals surface area contributed by atoms with Crippen LogP contribution in [0, 0.1) is 5.82 Å². The molecule has 1 unspecified atom stereocenters. The molecule has 1 aliphatic rings. The zero-order valence-electron chi connectivity index (χ0n) is 13.4. The summed E-state index contributed by atoms with van der Waals surface area (Å²) in [6.07, 6.45) is 0.793. The molecular formula is C19H15FN2O2S. The minimum atomic E-state index is -1.05. The summed E-state index contributed by atoms with van der Waals surface area (Å²) in [7, 11) is 0. The van der Waals surface area contributed by atoms with E-state index in [2.05, 4.69) is 5.10 Å². The van der Waals surface area contributed by atoms with Crippen LogP contribution in [0.3, 0.4) is 0 Å². The highest BCUT2D eigenvalue weighted by molar-refractivity contribution is 7.99. The van der Waals surface area contributed by atoms with Crippen LogP contribution in [0.4, 0.5) is 4.39 Å². The largest absolute Gasteiger partial charge is 0.476 e. The normalized spacial score (nSPS) is 15.5. The van der Waals surface area contributed by atoms with Crippen molar-refractivity contribution >= 4 is 17.7 Å². The van der Waals surface area contributed by atoms with Gasteiger partial charge in [-0.3, -0.25) is 0 Å². The highest BCUT2D eigenvalue weighted by Gasteiger charge is 2.34. The molecule has 0 radical (unpaired) electrons. The number of hydrogen-bond acceptors (Lipinski definition) is 3. The summed E-state index contributed by atoms with van der Waals surface area (Å²) in [5, 5.41) is 14.0. The van der Waals surface area contributed by atoms with Crippen molar-refractivity contribution < 1.29 is 14.3 Å². The number of nitrogens with zero attached hydrogens (tertiary/aromatic N) is 2. The van der Waals surface area contributed by atoms with Crippen LogP contribution in [-0.2, 0) is 0 Å². The molecule has 126 valence electrons. The van der Waals surface area contributed by atoms with E-state index in [-0.39, 0.29) is 16.8 Å². The van der Waals surface area contributed by atoms with Gasteiger partial charge in [0.1, 0.15) is 5.82 Å². The quantitative estimate of drug-likeness (QED) is 0.724. The Morgan fingerprint density at radius 3 is 2.64 bits per heavy atom. The van der Waals surface area contributed by atoms with Gasteiger partial charge in [-0.15, -0.1) is 11.8 Å². The Bertz CT molecular complexity index is 966. The number of fused-ring (bicyclic) bond motifs is 3. The maximum Gasteiger partial charge on any atom is 0.356 e. The van der Waals surface area contributed by atoms with Crippen molar-refractivity contribution in [3.8, 4) is 16.9 Å². The molecule has 0 saturated carbocycles. The van der Waals surface area contributed by atoms with Gasteiger partial charge in [-0.1, -0.05) is 25.1 Å². The van der Waals surface area contributed by atoms with E-state index < -0.39 is 5.97 Å². The Balaban J connectivity index is 2.05. The molecule has 0 spiro atoms. The fraction of sp³-hybridized carbons (Fsp3) is 0.158. The van der Waals surface area contributed by atoms with Crippen LogP contribution in [-0.4, -0.2) is 20.9 Å². The van der Waals surface area contributed by atoms with Gasteiger partial charge >= 0.3 is 5.97 Å². The van der Waals surface area contributed by atoms with Crippen molar-refractivity contribution in [2.45, 2.75) is 23.5 Å². The minimum absolute atomic E-state index is 0.0187. The van der Waals surface area contributed by atoms with Gasteiger partial charge in [-0.25, -0.2) is 13.9 Å². The number of aromatic carboxylic acids is 1. The van der Waals surface area contributed by atoms with Gasteiger partial charge in [0.15, 0.2) is 5.69 Å². The van der Waals surface area contributed by atoms with Gasteiger partial charge in [-0.05, 0) is 36.8 Å². The molecule has 4 rings (SSSR count). The van der Waals surface area contributed by atoms with Gasteiger partial charge in [0.2, 0.25) is 0 Å². The molecule has 0 bridgehead atoms. The van der Waals surface area contributed by atoms with E-state index in [1.54, 1.807) is 28.6 Å². The first-order valence-electron chi connectivity index (χ1n) is 7.98. The molecule has 0 amide bonds. The van der Waals surface area contributed by atoms with Crippen molar-refractivity contribution in [2.24, 2.45) is 0 Å². The van der Waals surface area contributed by atoms with Gasteiger partial charge in [-0.2, -0.15) is 5.10 Å². The van der Waals surface area contributed by atoms with Crippen LogP contribution in [0.5, 0.6) is 0 Å². The van der Waals surface area contributed by atoms with Gasteiger partial charge in [0.05, 0.1) is 11.4 Å². The number of carbonyl (C=O) groups is 1. The minimum Gasteiger partial charge on any atom is -0.476 e. The zero-order chi connectivity index (χ0) is 17.6. The summed E-state index contributed by atoms with van der Waals surface area (Å²) in [6.45, 7) is 2.04. The molecular weight excluding hydrogens is 339 g/mol. The Labute approximate surface area is 148 Å². The van der Waals surface area contributed by atoms with Crippen molar-refractivity contribution in [1.29, 1.82) is 0 Å². The lowest BCUT2D eigenvalue weighted by atomic mass is 10.00. The maximum atomic E-state index is 13.3. The number of hydrogen-bond donors (Lipinski definition) is 1. The number of aromatic nitrogens is 2. The molecule has 6 heteroatoms. The number of carboxylic acid groups (broad SMARTS) is 1. The standard InChI is InChI=1S/C19H15FN2O2S/c1-2-14-16-17(19(23)24)21-22(12-9-7-11(20)8-10-12)18(16)13-5-3-4-6-15(13)25-14/h3-10,14H,2H2,1H3,(H,23,24). The van der Waals surface area contributed by atoms with Gasteiger partial charge < -0.3 is 5.11 Å². The monoisotopic (exact) mass is 354 g/mol. The van der Waals surface area contributed by atoms with Crippen molar-refractivity contribution in [2.75, 3.05) is 0 Å². The summed E-state index contributed by atoms with van der Waals surface area (Å²) in [5.74, 6) is -1.39. The lowest BCUT2D eigenvalue weighted by molar-refractivity contribution is 0.0688. The predicted octanol–water partition coefficient (Wildman–Crippen LogP) is 4.93. The third-order valence-electron chi connectivity index (χ3n) is 4.30. The first kappa shape index (κ1) is 15.9. The van der Waals surface area contributed by atoms with E-state index in [1.165, 1.54) is 12.1 Å². The van der Waals surface area contributed by atoms with E-state index in [0.29, 0.717) is 5.69 Å². The number of benzene rings is 2. The smallest absolute Gasteiger partial charge is 0.356 e. The summed E-state index contributed by atoms with van der Waals surface area (Å²) in [4.78, 5) is 12.9. The first-order chi connectivity index (χ1) is 12.1. The number of halogens is 1. The Kier molecular flexibility index (Phi) is 3.84. The van der Waals surface area contributed by atoms with Crippen molar-refractivity contribution in [3.05, 3.63) is 65.6 Å². The first-order valence-corrected chi connectivity index (χ1v) is 8.86. The predicted molar refractivity (Wildman–Crippen MR) is 94.8 cm³/mol. The molecule has 25 heavy (non-hydrogen) atoms. The second-order valence-electron chi connectivity index (χ2n) is 5.82.